The topological polar surface area (TPSA) is 72.4 Å². The highest BCUT2D eigenvalue weighted by molar-refractivity contribution is 7.89. The highest BCUT2D eigenvalue weighted by Crippen LogP contribution is 2.25. The lowest BCUT2D eigenvalue weighted by Crippen LogP contribution is -2.44. The van der Waals surface area contributed by atoms with Gasteiger partial charge in [-0.1, -0.05) is 0 Å². The summed E-state index contributed by atoms with van der Waals surface area (Å²) >= 11 is 0. The molecule has 0 amide bonds. The normalized spacial score (nSPS) is 18.9. The molecule has 1 unspecified atom stereocenters. The summed E-state index contributed by atoms with van der Waals surface area (Å²) in [6.45, 7) is 2.11. The van der Waals surface area contributed by atoms with Crippen LogP contribution in [0.1, 0.15) is 18.5 Å². The maximum Gasteiger partial charge on any atom is 0.246 e. The van der Waals surface area contributed by atoms with E-state index in [2.05, 4.69) is 10.2 Å². The zero-order valence-corrected chi connectivity index (χ0v) is 14.3. The number of nitrogens with zero attached hydrogens (tertiary/aromatic N) is 3. The molecular weight excluding hydrogens is 352 g/mol. The predicted molar refractivity (Wildman–Crippen MR) is 85.5 cm³/mol. The van der Waals surface area contributed by atoms with Gasteiger partial charge in [-0.15, -0.1) is 5.10 Å². The Morgan fingerprint density at radius 2 is 2.00 bits per heavy atom. The van der Waals surface area contributed by atoms with Gasteiger partial charge < -0.3 is 4.74 Å². The van der Waals surface area contributed by atoms with Gasteiger partial charge in [0.25, 0.3) is 0 Å². The molecule has 0 spiro atoms. The van der Waals surface area contributed by atoms with E-state index in [9.17, 15) is 17.2 Å². The maximum atomic E-state index is 13.9. The second kappa shape index (κ2) is 7.01. The number of benzene rings is 1. The largest absolute Gasteiger partial charge is 0.472 e. The van der Waals surface area contributed by atoms with Gasteiger partial charge in [-0.25, -0.2) is 17.2 Å². The SMILES string of the molecule is Cc1ccc(OC2CCCN(S(=O)(=O)c3ccc(F)cc3F)C2)nn1. The second-order valence-corrected chi connectivity index (χ2v) is 7.74. The summed E-state index contributed by atoms with van der Waals surface area (Å²) in [6.07, 6.45) is 0.795. The van der Waals surface area contributed by atoms with Crippen LogP contribution in [0.5, 0.6) is 5.88 Å². The van der Waals surface area contributed by atoms with Crippen molar-refractivity contribution >= 4 is 10.0 Å². The summed E-state index contributed by atoms with van der Waals surface area (Å²) in [5.41, 5.74) is 0.743. The molecule has 2 aromatic rings. The van der Waals surface area contributed by atoms with Gasteiger partial charge in [0.05, 0.1) is 12.2 Å². The van der Waals surface area contributed by atoms with Crippen LogP contribution in [0.25, 0.3) is 0 Å². The minimum Gasteiger partial charge on any atom is -0.472 e. The van der Waals surface area contributed by atoms with Gasteiger partial charge in [-0.3, -0.25) is 0 Å². The number of rotatable bonds is 4. The average Bonchev–Trinajstić information content (AvgIpc) is 2.57. The Hall–Kier alpha value is -2.13. The molecule has 0 N–H and O–H groups in total. The summed E-state index contributed by atoms with van der Waals surface area (Å²) < 4.78 is 59.0. The highest BCUT2D eigenvalue weighted by atomic mass is 32.2. The minimum absolute atomic E-state index is 0.0642. The molecule has 1 aromatic heterocycles. The van der Waals surface area contributed by atoms with Crippen molar-refractivity contribution in [2.45, 2.75) is 30.8 Å². The maximum absolute atomic E-state index is 13.9. The molecular formula is C16H17F2N3O3S. The molecule has 1 atom stereocenters. The molecule has 3 rings (SSSR count). The van der Waals surface area contributed by atoms with Crippen LogP contribution in [-0.2, 0) is 10.0 Å². The smallest absolute Gasteiger partial charge is 0.246 e. The molecule has 1 aliphatic rings. The van der Waals surface area contributed by atoms with Crippen LogP contribution < -0.4 is 4.74 Å². The Morgan fingerprint density at radius 1 is 1.20 bits per heavy atom. The van der Waals surface area contributed by atoms with E-state index in [0.29, 0.717) is 24.8 Å². The monoisotopic (exact) mass is 369 g/mol. The van der Waals surface area contributed by atoms with Crippen LogP contribution in [0.15, 0.2) is 35.2 Å². The van der Waals surface area contributed by atoms with E-state index in [-0.39, 0.29) is 13.1 Å². The van der Waals surface area contributed by atoms with E-state index in [1.807, 2.05) is 0 Å². The molecule has 1 aromatic carbocycles. The van der Waals surface area contributed by atoms with Crippen LogP contribution in [0.2, 0.25) is 0 Å². The van der Waals surface area contributed by atoms with Gasteiger partial charge in [0.15, 0.2) is 0 Å². The number of sulfonamides is 1. The third-order valence-electron chi connectivity index (χ3n) is 3.91. The van der Waals surface area contributed by atoms with Gasteiger partial charge in [-0.05, 0) is 38.0 Å². The molecule has 2 heterocycles. The Labute approximate surface area is 144 Å². The van der Waals surface area contributed by atoms with Gasteiger partial charge in [0, 0.05) is 18.7 Å². The average molecular weight is 369 g/mol. The summed E-state index contributed by atoms with van der Waals surface area (Å²) in [5.74, 6) is -1.62. The number of piperidine rings is 1. The molecule has 0 aliphatic carbocycles. The lowest BCUT2D eigenvalue weighted by Gasteiger charge is -2.31. The van der Waals surface area contributed by atoms with E-state index in [0.717, 1.165) is 22.1 Å². The first-order chi connectivity index (χ1) is 11.9. The fourth-order valence-electron chi connectivity index (χ4n) is 2.66. The first kappa shape index (κ1) is 17.7. The predicted octanol–water partition coefficient (Wildman–Crippen LogP) is 2.30. The summed E-state index contributed by atoms with van der Waals surface area (Å²) in [6, 6.07) is 5.83. The van der Waals surface area contributed by atoms with E-state index in [1.165, 1.54) is 0 Å². The Balaban J connectivity index is 1.76. The van der Waals surface area contributed by atoms with Crippen molar-refractivity contribution < 1.29 is 21.9 Å². The lowest BCUT2D eigenvalue weighted by atomic mass is 10.1. The molecule has 134 valence electrons. The molecule has 25 heavy (non-hydrogen) atoms. The Bertz CT molecular complexity index is 859. The highest BCUT2D eigenvalue weighted by Gasteiger charge is 2.33. The third kappa shape index (κ3) is 3.93. The van der Waals surface area contributed by atoms with E-state index in [4.69, 9.17) is 4.74 Å². The number of aromatic nitrogens is 2. The number of ether oxygens (including phenoxy) is 1. The fraction of sp³-hybridized carbons (Fsp3) is 0.375. The van der Waals surface area contributed by atoms with Crippen molar-refractivity contribution in [3.63, 3.8) is 0 Å². The van der Waals surface area contributed by atoms with Gasteiger partial charge in [0.1, 0.15) is 22.6 Å². The van der Waals surface area contributed by atoms with Crippen molar-refractivity contribution in [1.29, 1.82) is 0 Å². The molecule has 9 heteroatoms. The third-order valence-corrected chi connectivity index (χ3v) is 5.81. The second-order valence-electron chi connectivity index (χ2n) is 5.83. The summed E-state index contributed by atoms with van der Waals surface area (Å²) in [5, 5.41) is 7.79. The van der Waals surface area contributed by atoms with Crippen molar-refractivity contribution in [2.24, 2.45) is 0 Å². The van der Waals surface area contributed by atoms with Crippen LogP contribution in [-0.4, -0.2) is 42.1 Å². The van der Waals surface area contributed by atoms with E-state index >= 15 is 0 Å². The summed E-state index contributed by atoms with van der Waals surface area (Å²) in [7, 11) is -4.07. The van der Waals surface area contributed by atoms with Crippen molar-refractivity contribution in [3.8, 4) is 5.88 Å². The fourth-order valence-corrected chi connectivity index (χ4v) is 4.22. The number of aryl methyl sites for hydroxylation is 1. The first-order valence-corrected chi connectivity index (χ1v) is 9.22. The Morgan fingerprint density at radius 3 is 2.68 bits per heavy atom. The van der Waals surface area contributed by atoms with Gasteiger partial charge in [0.2, 0.25) is 15.9 Å². The van der Waals surface area contributed by atoms with Crippen LogP contribution in [0.4, 0.5) is 8.78 Å². The van der Waals surface area contributed by atoms with Crippen molar-refractivity contribution in [3.05, 3.63) is 47.7 Å². The lowest BCUT2D eigenvalue weighted by molar-refractivity contribution is 0.123. The van der Waals surface area contributed by atoms with Crippen LogP contribution in [0, 0.1) is 18.6 Å². The Kier molecular flexibility index (Phi) is 4.96. The zero-order valence-electron chi connectivity index (χ0n) is 13.5. The van der Waals surface area contributed by atoms with E-state index < -0.39 is 32.7 Å². The first-order valence-electron chi connectivity index (χ1n) is 7.78. The van der Waals surface area contributed by atoms with Gasteiger partial charge in [-0.2, -0.15) is 9.40 Å². The van der Waals surface area contributed by atoms with E-state index in [1.54, 1.807) is 19.1 Å². The number of halogens is 2. The van der Waals surface area contributed by atoms with Crippen molar-refractivity contribution in [1.82, 2.24) is 14.5 Å². The van der Waals surface area contributed by atoms with Crippen LogP contribution >= 0.6 is 0 Å². The molecule has 0 saturated carbocycles. The zero-order chi connectivity index (χ0) is 18.0. The summed E-state index contributed by atoms with van der Waals surface area (Å²) in [4.78, 5) is -0.537. The molecule has 1 saturated heterocycles. The molecule has 0 radical (unpaired) electrons. The molecule has 1 fully saturated rings. The quantitative estimate of drug-likeness (QED) is 0.827. The number of hydrogen-bond acceptors (Lipinski definition) is 5. The number of hydrogen-bond donors (Lipinski definition) is 0. The molecule has 0 bridgehead atoms. The van der Waals surface area contributed by atoms with Gasteiger partial charge >= 0.3 is 0 Å². The standard InChI is InChI=1S/C16H17F2N3O3S/c1-11-4-7-16(20-19-11)24-13-3-2-8-21(10-13)25(22,23)15-6-5-12(17)9-14(15)18/h4-7,9,13H,2-3,8,10H2,1H3. The molecule has 6 nitrogen and oxygen atoms in total. The van der Waals surface area contributed by atoms with Crippen LogP contribution in [0.3, 0.4) is 0 Å². The van der Waals surface area contributed by atoms with Crippen molar-refractivity contribution in [2.75, 3.05) is 13.1 Å². The minimum atomic E-state index is -4.07. The molecule has 1 aliphatic heterocycles.